The van der Waals surface area contributed by atoms with E-state index in [0.717, 1.165) is 89.9 Å². The molecule has 306 valence electrons. The average molecular weight is 763 g/mol. The molecule has 1 amide bonds. The van der Waals surface area contributed by atoms with Gasteiger partial charge < -0.3 is 28.8 Å². The average Bonchev–Trinajstić information content (AvgIpc) is 3.10. The first-order valence-electron chi connectivity index (χ1n) is 20.8. The maximum atomic E-state index is 12.7. The number of phosphoric ester groups is 1. The molecule has 0 aromatic heterocycles. The number of aliphatic hydroxyl groups is 1. The number of amides is 1. The summed E-state index contributed by atoms with van der Waals surface area (Å²) >= 11 is 0. The Balaban J connectivity index is 4.05. The fourth-order valence-corrected chi connectivity index (χ4v) is 6.12. The zero-order valence-corrected chi connectivity index (χ0v) is 35.3. The highest BCUT2D eigenvalue weighted by atomic mass is 31.2. The zero-order valence-electron chi connectivity index (χ0n) is 34.4. The highest BCUT2D eigenvalue weighted by Crippen LogP contribution is 2.38. The van der Waals surface area contributed by atoms with Crippen molar-refractivity contribution in [2.24, 2.45) is 0 Å². The normalized spacial score (nSPS) is 15.2. The molecule has 0 saturated heterocycles. The monoisotopic (exact) mass is 763 g/mol. The SMILES string of the molecule is CC/C=C\C/C=C\C/C=C\C/C=C\C/C=C\C/C=C\CCCCCCCCCCC(=O)NC(COP(=O)([O-])OCC[N+](C)(C)C)C(O)CCCCCC. The standard InChI is InChI=1S/C44H79N2O6P/c1-6-8-10-12-13-14-15-16-17-18-19-20-21-22-23-24-25-26-27-28-29-30-31-32-33-34-36-38-44(48)45-42(43(47)37-35-11-9-7-2)41-52-53(49,50)51-40-39-46(3,4)5/h8,10,13-14,16-17,19-20,22-23,25-26,42-43,47H,6-7,9,11-12,15,18,21,24,27-41H2,1-5H3,(H-,45,48,49,50)/b10-8-,14-13-,17-16-,20-19-,23-22-,26-25-. The molecular weight excluding hydrogens is 683 g/mol. The Morgan fingerprint density at radius 3 is 1.66 bits per heavy atom. The number of hydrogen-bond acceptors (Lipinski definition) is 6. The van der Waals surface area contributed by atoms with Gasteiger partial charge in [-0.15, -0.1) is 0 Å². The maximum absolute atomic E-state index is 12.7. The summed E-state index contributed by atoms with van der Waals surface area (Å²) in [5, 5.41) is 13.6. The van der Waals surface area contributed by atoms with E-state index in [1.54, 1.807) is 0 Å². The largest absolute Gasteiger partial charge is 0.756 e. The first-order valence-corrected chi connectivity index (χ1v) is 22.2. The van der Waals surface area contributed by atoms with Gasteiger partial charge >= 0.3 is 0 Å². The minimum Gasteiger partial charge on any atom is -0.756 e. The summed E-state index contributed by atoms with van der Waals surface area (Å²) in [6, 6.07) is -0.804. The predicted octanol–water partition coefficient (Wildman–Crippen LogP) is 10.6. The number of likely N-dealkylation sites (N-methyl/N-ethyl adjacent to an activating group) is 1. The van der Waals surface area contributed by atoms with Gasteiger partial charge in [-0.3, -0.25) is 9.36 Å². The van der Waals surface area contributed by atoms with E-state index in [1.807, 2.05) is 21.1 Å². The second-order valence-electron chi connectivity index (χ2n) is 15.0. The van der Waals surface area contributed by atoms with Crippen molar-refractivity contribution in [3.8, 4) is 0 Å². The van der Waals surface area contributed by atoms with E-state index < -0.39 is 20.0 Å². The third kappa shape index (κ3) is 38.0. The van der Waals surface area contributed by atoms with Crippen LogP contribution in [0.25, 0.3) is 0 Å². The molecule has 3 unspecified atom stereocenters. The lowest BCUT2D eigenvalue weighted by Crippen LogP contribution is -2.46. The van der Waals surface area contributed by atoms with E-state index in [4.69, 9.17) is 9.05 Å². The van der Waals surface area contributed by atoms with Crippen molar-refractivity contribution in [3.63, 3.8) is 0 Å². The van der Waals surface area contributed by atoms with Crippen molar-refractivity contribution < 1.29 is 32.9 Å². The summed E-state index contributed by atoms with van der Waals surface area (Å²) in [6.07, 6.45) is 46.8. The van der Waals surface area contributed by atoms with Crippen molar-refractivity contribution in [3.05, 3.63) is 72.9 Å². The molecule has 0 bridgehead atoms. The fraction of sp³-hybridized carbons (Fsp3) is 0.705. The van der Waals surface area contributed by atoms with Crippen LogP contribution < -0.4 is 10.2 Å². The first kappa shape index (κ1) is 50.9. The zero-order chi connectivity index (χ0) is 39.3. The van der Waals surface area contributed by atoms with Gasteiger partial charge in [0.25, 0.3) is 7.82 Å². The van der Waals surface area contributed by atoms with Crippen LogP contribution in [0.15, 0.2) is 72.9 Å². The minimum atomic E-state index is -4.55. The molecular formula is C44H79N2O6P. The van der Waals surface area contributed by atoms with Gasteiger partial charge in [0, 0.05) is 6.42 Å². The Hall–Kier alpha value is -2.06. The summed E-state index contributed by atoms with van der Waals surface area (Å²) in [4.78, 5) is 25.0. The molecule has 0 fully saturated rings. The highest BCUT2D eigenvalue weighted by molar-refractivity contribution is 7.45. The number of hydrogen-bond donors (Lipinski definition) is 2. The molecule has 0 rings (SSSR count). The number of carbonyl (C=O) groups is 1. The van der Waals surface area contributed by atoms with Gasteiger partial charge in [-0.25, -0.2) is 0 Å². The fourth-order valence-electron chi connectivity index (χ4n) is 5.39. The lowest BCUT2D eigenvalue weighted by Gasteiger charge is -2.30. The van der Waals surface area contributed by atoms with Gasteiger partial charge in [-0.05, 0) is 64.2 Å². The molecule has 2 N–H and O–H groups in total. The van der Waals surface area contributed by atoms with E-state index in [1.165, 1.54) is 32.1 Å². The summed E-state index contributed by atoms with van der Waals surface area (Å²) in [7, 11) is 1.28. The van der Waals surface area contributed by atoms with E-state index in [-0.39, 0.29) is 19.1 Å². The third-order valence-electron chi connectivity index (χ3n) is 8.71. The summed E-state index contributed by atoms with van der Waals surface area (Å²) in [5.41, 5.74) is 0. The minimum absolute atomic E-state index is 0.00516. The van der Waals surface area contributed by atoms with Crippen LogP contribution in [0.4, 0.5) is 0 Å². The molecule has 53 heavy (non-hydrogen) atoms. The van der Waals surface area contributed by atoms with Crippen molar-refractivity contribution in [1.82, 2.24) is 5.32 Å². The van der Waals surface area contributed by atoms with Crippen molar-refractivity contribution in [2.75, 3.05) is 40.9 Å². The van der Waals surface area contributed by atoms with Crippen molar-refractivity contribution in [2.45, 2.75) is 161 Å². The number of aliphatic hydroxyl groups excluding tert-OH is 1. The van der Waals surface area contributed by atoms with E-state index in [9.17, 15) is 19.4 Å². The molecule has 0 aromatic rings. The van der Waals surface area contributed by atoms with Crippen molar-refractivity contribution >= 4 is 13.7 Å². The number of allylic oxidation sites excluding steroid dienone is 12. The second kappa shape index (κ2) is 35.6. The molecule has 0 heterocycles. The van der Waals surface area contributed by atoms with Crippen molar-refractivity contribution in [1.29, 1.82) is 0 Å². The molecule has 0 aliphatic rings. The molecule has 8 nitrogen and oxygen atoms in total. The lowest BCUT2D eigenvalue weighted by atomic mass is 10.0. The van der Waals surface area contributed by atoms with Crippen LogP contribution >= 0.6 is 7.82 Å². The van der Waals surface area contributed by atoms with E-state index in [0.29, 0.717) is 23.9 Å². The molecule has 3 atom stereocenters. The molecule has 0 aliphatic carbocycles. The quantitative estimate of drug-likeness (QED) is 0.0285. The first-order chi connectivity index (χ1) is 25.5. The van der Waals surface area contributed by atoms with Crippen LogP contribution in [0.2, 0.25) is 0 Å². The number of carbonyl (C=O) groups excluding carboxylic acids is 1. The number of quaternary nitrogens is 1. The Kier molecular flexibility index (Phi) is 34.2. The van der Waals surface area contributed by atoms with Gasteiger partial charge in [0.05, 0.1) is 39.9 Å². The van der Waals surface area contributed by atoms with Crippen LogP contribution in [0.1, 0.15) is 149 Å². The van der Waals surface area contributed by atoms with Crippen LogP contribution in [0, 0.1) is 0 Å². The molecule has 0 saturated carbocycles. The topological polar surface area (TPSA) is 108 Å². The highest BCUT2D eigenvalue weighted by Gasteiger charge is 2.24. The lowest BCUT2D eigenvalue weighted by molar-refractivity contribution is -0.870. The number of rotatable bonds is 36. The van der Waals surface area contributed by atoms with Gasteiger partial charge in [0.2, 0.25) is 5.91 Å². The number of unbranched alkanes of at least 4 members (excludes halogenated alkanes) is 11. The predicted molar refractivity (Wildman–Crippen MR) is 223 cm³/mol. The molecule has 0 spiro atoms. The number of nitrogens with one attached hydrogen (secondary N) is 1. The molecule has 0 aliphatic heterocycles. The van der Waals surface area contributed by atoms with Gasteiger partial charge in [0.15, 0.2) is 0 Å². The molecule has 0 aromatic carbocycles. The van der Waals surface area contributed by atoms with E-state index >= 15 is 0 Å². The summed E-state index contributed by atoms with van der Waals surface area (Å²) < 4.78 is 23.0. The molecule has 0 radical (unpaired) electrons. The second-order valence-corrected chi connectivity index (χ2v) is 16.4. The summed E-state index contributed by atoms with van der Waals surface area (Å²) in [5.74, 6) is -0.188. The van der Waals surface area contributed by atoms with Gasteiger partial charge in [-0.1, -0.05) is 151 Å². The Labute approximate surface area is 325 Å². The van der Waals surface area contributed by atoms with E-state index in [2.05, 4.69) is 92.1 Å². The van der Waals surface area contributed by atoms with Crippen LogP contribution in [-0.2, 0) is 18.4 Å². The summed E-state index contributed by atoms with van der Waals surface area (Å²) in [6.45, 7) is 4.44. The number of nitrogens with zero attached hydrogens (tertiary/aromatic N) is 1. The van der Waals surface area contributed by atoms with Crippen LogP contribution in [0.3, 0.4) is 0 Å². The Morgan fingerprint density at radius 2 is 1.15 bits per heavy atom. The van der Waals surface area contributed by atoms with Gasteiger partial charge in [0.1, 0.15) is 13.2 Å². The third-order valence-corrected chi connectivity index (χ3v) is 9.67. The van der Waals surface area contributed by atoms with Crippen LogP contribution in [0.5, 0.6) is 0 Å². The number of phosphoric acid groups is 1. The van der Waals surface area contributed by atoms with Gasteiger partial charge in [-0.2, -0.15) is 0 Å². The maximum Gasteiger partial charge on any atom is 0.268 e. The Bertz CT molecular complexity index is 1090. The Morgan fingerprint density at radius 1 is 0.679 bits per heavy atom. The van der Waals surface area contributed by atoms with Crippen LogP contribution in [-0.4, -0.2) is 68.5 Å². The smallest absolute Gasteiger partial charge is 0.268 e. The molecule has 9 heteroatoms.